The molecule has 0 aliphatic carbocycles. The second-order valence-electron chi connectivity index (χ2n) is 5.45. The number of amides is 1. The van der Waals surface area contributed by atoms with E-state index in [4.69, 9.17) is 16.3 Å². The first-order valence-electron chi connectivity index (χ1n) is 7.74. The molecule has 2 aromatic carbocycles. The Bertz CT molecular complexity index is 845. The molecule has 0 spiro atoms. The van der Waals surface area contributed by atoms with Crippen LogP contribution < -0.4 is 10.1 Å². The van der Waals surface area contributed by atoms with Gasteiger partial charge in [-0.05, 0) is 29.8 Å². The summed E-state index contributed by atoms with van der Waals surface area (Å²) in [5, 5.41) is 6.40. The summed E-state index contributed by atoms with van der Waals surface area (Å²) in [6, 6.07) is 15.1. The quantitative estimate of drug-likeness (QED) is 0.700. The molecule has 6 heteroatoms. The van der Waals surface area contributed by atoms with Gasteiger partial charge in [0.15, 0.2) is 0 Å². The van der Waals surface area contributed by atoms with Crippen LogP contribution >= 0.6 is 22.9 Å². The standard InChI is InChI=1S/C19H17ClN2O2S/c1-24-17-8-2-13(3-9-17)11-21-18(23)10-16-12-25-19(22-16)14-4-6-15(20)7-5-14/h2-9,12H,10-11H2,1H3,(H,21,23). The molecule has 0 saturated carbocycles. The summed E-state index contributed by atoms with van der Waals surface area (Å²) in [6.45, 7) is 0.483. The number of nitrogens with one attached hydrogen (secondary N) is 1. The smallest absolute Gasteiger partial charge is 0.226 e. The van der Waals surface area contributed by atoms with E-state index in [9.17, 15) is 4.79 Å². The maximum atomic E-state index is 12.1. The van der Waals surface area contributed by atoms with Crippen molar-refractivity contribution < 1.29 is 9.53 Å². The van der Waals surface area contributed by atoms with Crippen molar-refractivity contribution in [2.75, 3.05) is 7.11 Å². The van der Waals surface area contributed by atoms with Crippen molar-refractivity contribution in [3.05, 3.63) is 70.2 Å². The van der Waals surface area contributed by atoms with Crippen molar-refractivity contribution in [2.45, 2.75) is 13.0 Å². The highest BCUT2D eigenvalue weighted by molar-refractivity contribution is 7.13. The number of ether oxygens (including phenoxy) is 1. The van der Waals surface area contributed by atoms with Gasteiger partial charge in [0, 0.05) is 22.5 Å². The molecule has 1 N–H and O–H groups in total. The van der Waals surface area contributed by atoms with Crippen LogP contribution in [0.4, 0.5) is 0 Å². The van der Waals surface area contributed by atoms with Crippen LogP contribution in [-0.2, 0) is 17.8 Å². The second-order valence-corrected chi connectivity index (χ2v) is 6.75. The lowest BCUT2D eigenvalue weighted by Crippen LogP contribution is -2.24. The minimum Gasteiger partial charge on any atom is -0.497 e. The van der Waals surface area contributed by atoms with Gasteiger partial charge < -0.3 is 10.1 Å². The zero-order valence-corrected chi connectivity index (χ0v) is 15.2. The predicted molar refractivity (Wildman–Crippen MR) is 101 cm³/mol. The Morgan fingerprint density at radius 3 is 2.56 bits per heavy atom. The summed E-state index contributed by atoms with van der Waals surface area (Å²) in [7, 11) is 1.63. The number of hydrogen-bond donors (Lipinski definition) is 1. The van der Waals surface area contributed by atoms with Crippen LogP contribution in [0.5, 0.6) is 5.75 Å². The monoisotopic (exact) mass is 372 g/mol. The molecule has 0 bridgehead atoms. The molecule has 0 saturated heterocycles. The predicted octanol–water partition coefficient (Wildman–Crippen LogP) is 4.33. The summed E-state index contributed by atoms with van der Waals surface area (Å²) in [6.07, 6.45) is 0.264. The number of aromatic nitrogens is 1. The van der Waals surface area contributed by atoms with Crippen LogP contribution in [0.25, 0.3) is 10.6 Å². The molecule has 0 radical (unpaired) electrons. The minimum absolute atomic E-state index is 0.0521. The van der Waals surface area contributed by atoms with Crippen molar-refractivity contribution in [1.82, 2.24) is 10.3 Å². The lowest BCUT2D eigenvalue weighted by Gasteiger charge is -2.05. The number of halogens is 1. The van der Waals surface area contributed by atoms with E-state index in [0.29, 0.717) is 11.6 Å². The molecule has 3 aromatic rings. The fraction of sp³-hybridized carbons (Fsp3) is 0.158. The van der Waals surface area contributed by atoms with Gasteiger partial charge >= 0.3 is 0 Å². The van der Waals surface area contributed by atoms with Gasteiger partial charge in [-0.15, -0.1) is 11.3 Å². The number of thiazole rings is 1. The lowest BCUT2D eigenvalue weighted by atomic mass is 10.2. The molecule has 0 atom stereocenters. The third-order valence-corrected chi connectivity index (χ3v) is 4.83. The Kier molecular flexibility index (Phi) is 5.68. The van der Waals surface area contributed by atoms with Crippen LogP contribution in [0.15, 0.2) is 53.9 Å². The lowest BCUT2D eigenvalue weighted by molar-refractivity contribution is -0.120. The zero-order chi connectivity index (χ0) is 17.6. The summed E-state index contributed by atoms with van der Waals surface area (Å²) in [5.41, 5.74) is 2.79. The van der Waals surface area contributed by atoms with Gasteiger partial charge in [0.25, 0.3) is 0 Å². The van der Waals surface area contributed by atoms with Crippen LogP contribution in [0.2, 0.25) is 5.02 Å². The average molecular weight is 373 g/mol. The van der Waals surface area contributed by atoms with E-state index in [-0.39, 0.29) is 12.3 Å². The van der Waals surface area contributed by atoms with Gasteiger partial charge in [-0.25, -0.2) is 4.98 Å². The Morgan fingerprint density at radius 1 is 1.16 bits per heavy atom. The minimum atomic E-state index is -0.0521. The number of carbonyl (C=O) groups is 1. The molecule has 0 aliphatic heterocycles. The Labute approximate surface area is 155 Å². The third-order valence-electron chi connectivity index (χ3n) is 3.63. The number of nitrogens with zero attached hydrogens (tertiary/aromatic N) is 1. The first-order chi connectivity index (χ1) is 12.1. The maximum absolute atomic E-state index is 12.1. The van der Waals surface area contributed by atoms with Crippen molar-refractivity contribution in [3.63, 3.8) is 0 Å². The summed E-state index contributed by atoms with van der Waals surface area (Å²) < 4.78 is 5.12. The molecule has 1 aromatic heterocycles. The van der Waals surface area contributed by atoms with E-state index in [0.717, 1.165) is 27.6 Å². The van der Waals surface area contributed by atoms with E-state index in [1.54, 1.807) is 7.11 Å². The van der Waals surface area contributed by atoms with Crippen LogP contribution in [0, 0.1) is 0 Å². The van der Waals surface area contributed by atoms with Gasteiger partial charge in [-0.3, -0.25) is 4.79 Å². The van der Waals surface area contributed by atoms with E-state index in [2.05, 4.69) is 10.3 Å². The zero-order valence-electron chi connectivity index (χ0n) is 13.7. The number of hydrogen-bond acceptors (Lipinski definition) is 4. The fourth-order valence-corrected chi connectivity index (χ4v) is 3.24. The van der Waals surface area contributed by atoms with Crippen LogP contribution in [-0.4, -0.2) is 18.0 Å². The number of rotatable bonds is 6. The highest BCUT2D eigenvalue weighted by Gasteiger charge is 2.09. The van der Waals surface area contributed by atoms with Crippen molar-refractivity contribution in [2.24, 2.45) is 0 Å². The fourth-order valence-electron chi connectivity index (χ4n) is 2.28. The number of benzene rings is 2. The number of methoxy groups -OCH3 is 1. The topological polar surface area (TPSA) is 51.2 Å². The third kappa shape index (κ3) is 4.81. The van der Waals surface area contributed by atoms with Gasteiger partial charge in [-0.2, -0.15) is 0 Å². The molecule has 25 heavy (non-hydrogen) atoms. The molecule has 1 heterocycles. The Balaban J connectivity index is 1.55. The first-order valence-corrected chi connectivity index (χ1v) is 9.00. The van der Waals surface area contributed by atoms with Crippen molar-refractivity contribution >= 4 is 28.8 Å². The average Bonchev–Trinajstić information content (AvgIpc) is 3.09. The normalized spacial score (nSPS) is 10.5. The SMILES string of the molecule is COc1ccc(CNC(=O)Cc2csc(-c3ccc(Cl)cc3)n2)cc1. The van der Waals surface area contributed by atoms with Crippen LogP contribution in [0.3, 0.4) is 0 Å². The molecule has 128 valence electrons. The molecular weight excluding hydrogens is 356 g/mol. The molecule has 0 fully saturated rings. The van der Waals surface area contributed by atoms with E-state index in [1.165, 1.54) is 11.3 Å². The molecule has 4 nitrogen and oxygen atoms in total. The maximum Gasteiger partial charge on any atom is 0.226 e. The Morgan fingerprint density at radius 2 is 1.88 bits per heavy atom. The largest absolute Gasteiger partial charge is 0.497 e. The molecular formula is C19H17ClN2O2S. The van der Waals surface area contributed by atoms with Crippen molar-refractivity contribution in [1.29, 1.82) is 0 Å². The summed E-state index contributed by atoms with van der Waals surface area (Å²) in [5.74, 6) is 0.746. The highest BCUT2D eigenvalue weighted by Crippen LogP contribution is 2.25. The molecule has 0 aliphatic rings. The Hall–Kier alpha value is -2.37. The van der Waals surface area contributed by atoms with E-state index in [1.807, 2.05) is 53.9 Å². The first kappa shape index (κ1) is 17.5. The van der Waals surface area contributed by atoms with Gasteiger partial charge in [0.2, 0.25) is 5.91 Å². The van der Waals surface area contributed by atoms with Crippen molar-refractivity contribution in [3.8, 4) is 16.3 Å². The van der Waals surface area contributed by atoms with Crippen LogP contribution in [0.1, 0.15) is 11.3 Å². The molecule has 0 unspecified atom stereocenters. The van der Waals surface area contributed by atoms with Gasteiger partial charge in [-0.1, -0.05) is 35.9 Å². The van der Waals surface area contributed by atoms with Gasteiger partial charge in [0.1, 0.15) is 10.8 Å². The van der Waals surface area contributed by atoms with E-state index >= 15 is 0 Å². The number of carbonyl (C=O) groups excluding carboxylic acids is 1. The summed E-state index contributed by atoms with van der Waals surface area (Å²) in [4.78, 5) is 16.6. The highest BCUT2D eigenvalue weighted by atomic mass is 35.5. The van der Waals surface area contributed by atoms with E-state index < -0.39 is 0 Å². The second kappa shape index (κ2) is 8.14. The molecule has 1 amide bonds. The van der Waals surface area contributed by atoms with Gasteiger partial charge in [0.05, 0.1) is 19.2 Å². The molecule has 3 rings (SSSR count). The summed E-state index contributed by atoms with van der Waals surface area (Å²) >= 11 is 7.42.